The summed E-state index contributed by atoms with van der Waals surface area (Å²) < 4.78 is 0.871. The molecule has 0 radical (unpaired) electrons. The standard InChI is InChI=1S/C23H15BrCl2N2O3/c24-14-6-4-5-13(11-14)20-19-21(31-28(20)16-7-2-1-3-8-16)23(30)27(22(19)29)18-10-9-15(25)12-17(18)26/h1-12,19-21H/t19-,20+,21-/m1/s1. The lowest BCUT2D eigenvalue weighted by atomic mass is 9.90. The van der Waals surface area contributed by atoms with Gasteiger partial charge in [-0.25, -0.2) is 9.96 Å². The van der Waals surface area contributed by atoms with Gasteiger partial charge >= 0.3 is 0 Å². The predicted octanol–water partition coefficient (Wildman–Crippen LogP) is 5.81. The second-order valence-electron chi connectivity index (χ2n) is 7.32. The Bertz CT molecular complexity index is 1190. The van der Waals surface area contributed by atoms with Crippen molar-refractivity contribution >= 4 is 62.3 Å². The molecule has 2 fully saturated rings. The number of benzene rings is 3. The highest BCUT2D eigenvalue weighted by Gasteiger charge is 2.60. The van der Waals surface area contributed by atoms with Crippen LogP contribution in [-0.4, -0.2) is 17.9 Å². The maximum atomic E-state index is 13.6. The van der Waals surface area contributed by atoms with Crippen molar-refractivity contribution in [2.24, 2.45) is 5.92 Å². The Morgan fingerprint density at radius 2 is 1.65 bits per heavy atom. The molecule has 0 aliphatic carbocycles. The second-order valence-corrected chi connectivity index (χ2v) is 9.08. The van der Waals surface area contributed by atoms with E-state index in [1.165, 1.54) is 6.07 Å². The molecule has 5 nitrogen and oxygen atoms in total. The molecule has 3 aromatic carbocycles. The summed E-state index contributed by atoms with van der Waals surface area (Å²) in [6, 6.07) is 21.3. The third-order valence-corrected chi connectivity index (χ3v) is 6.50. The van der Waals surface area contributed by atoms with E-state index in [2.05, 4.69) is 15.9 Å². The number of rotatable bonds is 3. The molecule has 0 unspecified atom stereocenters. The molecule has 0 N–H and O–H groups in total. The largest absolute Gasteiger partial charge is 0.273 e. The summed E-state index contributed by atoms with van der Waals surface area (Å²) >= 11 is 15.8. The van der Waals surface area contributed by atoms with Crippen LogP contribution in [0.25, 0.3) is 0 Å². The molecule has 0 saturated carbocycles. The smallest absolute Gasteiger partial charge is 0.266 e. The molecule has 2 saturated heterocycles. The maximum absolute atomic E-state index is 13.6. The van der Waals surface area contributed by atoms with E-state index in [0.29, 0.717) is 10.7 Å². The van der Waals surface area contributed by atoms with E-state index in [0.717, 1.165) is 20.6 Å². The Morgan fingerprint density at radius 1 is 0.871 bits per heavy atom. The first-order valence-corrected chi connectivity index (χ1v) is 11.1. The number of amides is 2. The van der Waals surface area contributed by atoms with Gasteiger partial charge in [-0.2, -0.15) is 0 Å². The van der Waals surface area contributed by atoms with Gasteiger partial charge in [-0.05, 0) is 48.0 Å². The SMILES string of the molecule is O=C1[C@H]2[C@@H](ON(c3ccccc3)[C@H]2c2cccc(Br)c2)C(=O)N1c1ccc(Cl)cc1Cl. The van der Waals surface area contributed by atoms with Crippen LogP contribution in [0.15, 0.2) is 77.3 Å². The molecule has 0 spiro atoms. The first-order chi connectivity index (χ1) is 15.0. The number of carbonyl (C=O) groups is 2. The number of anilines is 2. The number of imide groups is 1. The Balaban J connectivity index is 1.60. The number of hydrogen-bond donors (Lipinski definition) is 0. The van der Waals surface area contributed by atoms with Gasteiger partial charge in [-0.3, -0.25) is 14.4 Å². The zero-order valence-electron chi connectivity index (χ0n) is 15.9. The number of hydrogen-bond acceptors (Lipinski definition) is 4. The van der Waals surface area contributed by atoms with Crippen molar-refractivity contribution in [3.8, 4) is 0 Å². The van der Waals surface area contributed by atoms with Gasteiger partial charge in [-0.15, -0.1) is 0 Å². The summed E-state index contributed by atoms with van der Waals surface area (Å²) in [5, 5.41) is 2.31. The van der Waals surface area contributed by atoms with Crippen molar-refractivity contribution in [3.63, 3.8) is 0 Å². The minimum Gasteiger partial charge on any atom is -0.273 e. The van der Waals surface area contributed by atoms with E-state index < -0.39 is 24.0 Å². The molecule has 3 aromatic rings. The van der Waals surface area contributed by atoms with Crippen LogP contribution in [-0.2, 0) is 14.4 Å². The molecule has 5 rings (SSSR count). The lowest BCUT2D eigenvalue weighted by molar-refractivity contribution is -0.126. The lowest BCUT2D eigenvalue weighted by Crippen LogP contribution is -2.37. The van der Waals surface area contributed by atoms with Gasteiger partial charge in [-0.1, -0.05) is 69.5 Å². The van der Waals surface area contributed by atoms with Gasteiger partial charge in [0, 0.05) is 9.50 Å². The van der Waals surface area contributed by atoms with Crippen molar-refractivity contribution in [2.45, 2.75) is 12.1 Å². The topological polar surface area (TPSA) is 49.9 Å². The molecule has 0 bridgehead atoms. The van der Waals surface area contributed by atoms with Crippen LogP contribution in [0, 0.1) is 5.92 Å². The molecule has 2 amide bonds. The number of fused-ring (bicyclic) bond motifs is 1. The van der Waals surface area contributed by atoms with E-state index in [-0.39, 0.29) is 10.9 Å². The fourth-order valence-electron chi connectivity index (χ4n) is 4.14. The maximum Gasteiger partial charge on any atom is 0.266 e. The monoisotopic (exact) mass is 516 g/mol. The average Bonchev–Trinajstić information content (AvgIpc) is 3.26. The Hall–Kier alpha value is -2.38. The molecule has 156 valence electrons. The molecule has 2 aliphatic heterocycles. The highest BCUT2D eigenvalue weighted by molar-refractivity contribution is 9.10. The molecular weight excluding hydrogens is 503 g/mol. The van der Waals surface area contributed by atoms with Crippen LogP contribution in [0.1, 0.15) is 11.6 Å². The molecule has 8 heteroatoms. The molecule has 2 heterocycles. The molecular formula is C23H15BrCl2N2O3. The van der Waals surface area contributed by atoms with Crippen LogP contribution in [0.5, 0.6) is 0 Å². The van der Waals surface area contributed by atoms with Crippen molar-refractivity contribution in [3.05, 3.63) is 92.9 Å². The van der Waals surface area contributed by atoms with Crippen LogP contribution < -0.4 is 9.96 Å². The van der Waals surface area contributed by atoms with E-state index in [4.69, 9.17) is 28.0 Å². The minimum absolute atomic E-state index is 0.230. The summed E-state index contributed by atoms with van der Waals surface area (Å²) in [7, 11) is 0. The number of hydroxylamine groups is 1. The summed E-state index contributed by atoms with van der Waals surface area (Å²) in [5.41, 5.74) is 1.92. The first kappa shape index (κ1) is 20.5. The first-order valence-electron chi connectivity index (χ1n) is 9.55. The Labute approximate surface area is 197 Å². The average molecular weight is 518 g/mol. The zero-order valence-corrected chi connectivity index (χ0v) is 19.0. The van der Waals surface area contributed by atoms with Crippen molar-refractivity contribution < 1.29 is 14.4 Å². The van der Waals surface area contributed by atoms with Crippen LogP contribution in [0.2, 0.25) is 10.0 Å². The number of halogens is 3. The molecule has 2 aliphatic rings. The zero-order chi connectivity index (χ0) is 21.7. The van der Waals surface area contributed by atoms with Gasteiger partial charge in [0.05, 0.1) is 22.4 Å². The third-order valence-electron chi connectivity index (χ3n) is 5.47. The Morgan fingerprint density at radius 3 is 2.35 bits per heavy atom. The normalized spacial score (nSPS) is 22.9. The molecule has 0 aromatic heterocycles. The van der Waals surface area contributed by atoms with Crippen molar-refractivity contribution in [2.75, 3.05) is 9.96 Å². The highest BCUT2D eigenvalue weighted by Crippen LogP contribution is 2.48. The second kappa shape index (κ2) is 7.95. The van der Waals surface area contributed by atoms with Gasteiger partial charge in [0.1, 0.15) is 5.92 Å². The fraction of sp³-hybridized carbons (Fsp3) is 0.130. The van der Waals surface area contributed by atoms with Gasteiger partial charge < -0.3 is 0 Å². The lowest BCUT2D eigenvalue weighted by Gasteiger charge is -2.29. The predicted molar refractivity (Wildman–Crippen MR) is 123 cm³/mol. The molecule has 3 atom stereocenters. The summed E-state index contributed by atoms with van der Waals surface area (Å²) in [5.74, 6) is -1.53. The van der Waals surface area contributed by atoms with E-state index >= 15 is 0 Å². The minimum atomic E-state index is -0.955. The van der Waals surface area contributed by atoms with Gasteiger partial charge in [0.2, 0.25) is 5.91 Å². The summed E-state index contributed by atoms with van der Waals surface area (Å²) in [6.45, 7) is 0. The van der Waals surface area contributed by atoms with Crippen molar-refractivity contribution in [1.29, 1.82) is 0 Å². The summed E-state index contributed by atoms with van der Waals surface area (Å²) in [4.78, 5) is 34.1. The van der Waals surface area contributed by atoms with Crippen LogP contribution >= 0.6 is 39.1 Å². The van der Waals surface area contributed by atoms with E-state index in [9.17, 15) is 9.59 Å². The summed E-state index contributed by atoms with van der Waals surface area (Å²) in [6.07, 6.45) is -0.955. The van der Waals surface area contributed by atoms with Crippen molar-refractivity contribution in [1.82, 2.24) is 0 Å². The third kappa shape index (κ3) is 3.44. The number of carbonyl (C=O) groups excluding carboxylic acids is 2. The van der Waals surface area contributed by atoms with Gasteiger partial charge in [0.25, 0.3) is 5.91 Å². The van der Waals surface area contributed by atoms with Gasteiger partial charge in [0.15, 0.2) is 6.10 Å². The van der Waals surface area contributed by atoms with Crippen LogP contribution in [0.4, 0.5) is 11.4 Å². The van der Waals surface area contributed by atoms with Crippen LogP contribution in [0.3, 0.4) is 0 Å². The van der Waals surface area contributed by atoms with E-state index in [1.807, 2.05) is 54.6 Å². The van der Waals surface area contributed by atoms with E-state index in [1.54, 1.807) is 17.2 Å². The number of para-hydroxylation sites is 1. The highest BCUT2D eigenvalue weighted by atomic mass is 79.9. The Kier molecular flexibility index (Phi) is 5.26. The molecule has 31 heavy (non-hydrogen) atoms. The quantitative estimate of drug-likeness (QED) is 0.411. The fourth-order valence-corrected chi connectivity index (χ4v) is 5.05. The number of nitrogens with zero attached hydrogens (tertiary/aromatic N) is 2.